The SMILES string of the molecule is C(=C\Cc1cc2ccc(C3=NCCCN3)cc2[nH]1)/Cc1cc2ccc(C3=NCCCN3)cc2[nH]1. The fourth-order valence-corrected chi connectivity index (χ4v) is 4.76. The van der Waals surface area contributed by atoms with Gasteiger partial charge in [-0.25, -0.2) is 0 Å². The number of aliphatic imine (C=N–C) groups is 2. The van der Waals surface area contributed by atoms with Crippen LogP contribution in [-0.4, -0.2) is 47.8 Å². The van der Waals surface area contributed by atoms with Crippen LogP contribution in [0.15, 0.2) is 70.7 Å². The van der Waals surface area contributed by atoms with Gasteiger partial charge in [0.2, 0.25) is 0 Å². The first-order valence-electron chi connectivity index (χ1n) is 12.3. The zero-order valence-electron chi connectivity index (χ0n) is 19.3. The third kappa shape index (κ3) is 4.36. The van der Waals surface area contributed by atoms with Crippen molar-refractivity contribution in [3.8, 4) is 0 Å². The number of fused-ring (bicyclic) bond motifs is 2. The zero-order valence-corrected chi connectivity index (χ0v) is 19.3. The normalized spacial score (nSPS) is 16.5. The molecule has 0 radical (unpaired) electrons. The summed E-state index contributed by atoms with van der Waals surface area (Å²) < 4.78 is 0. The lowest BCUT2D eigenvalue weighted by molar-refractivity contribution is 0.742. The first kappa shape index (κ1) is 20.8. The molecule has 0 unspecified atom stereocenters. The van der Waals surface area contributed by atoms with Crippen molar-refractivity contribution in [3.05, 3.63) is 83.2 Å². The number of nitrogens with one attached hydrogen (secondary N) is 4. The number of hydrogen-bond acceptors (Lipinski definition) is 4. The molecule has 172 valence electrons. The van der Waals surface area contributed by atoms with Gasteiger partial charge < -0.3 is 20.6 Å². The molecule has 0 aliphatic carbocycles. The van der Waals surface area contributed by atoms with Crippen molar-refractivity contribution in [1.82, 2.24) is 20.6 Å². The molecule has 6 rings (SSSR count). The average Bonchev–Trinajstić information content (AvgIpc) is 3.50. The Hall–Kier alpha value is -3.80. The molecule has 0 atom stereocenters. The number of nitrogens with zero attached hydrogens (tertiary/aromatic N) is 2. The minimum Gasteiger partial charge on any atom is -0.370 e. The molecule has 34 heavy (non-hydrogen) atoms. The van der Waals surface area contributed by atoms with Crippen LogP contribution in [0.1, 0.15) is 35.4 Å². The molecular weight excluding hydrogens is 420 g/mol. The van der Waals surface area contributed by atoms with Crippen molar-refractivity contribution in [3.63, 3.8) is 0 Å². The number of allylic oxidation sites excluding steroid dienone is 2. The van der Waals surface area contributed by atoms with Crippen LogP contribution in [-0.2, 0) is 12.8 Å². The number of H-pyrrole nitrogens is 2. The molecule has 0 saturated carbocycles. The largest absolute Gasteiger partial charge is 0.370 e. The lowest BCUT2D eigenvalue weighted by atomic mass is 10.1. The molecule has 6 heteroatoms. The first-order chi connectivity index (χ1) is 16.8. The molecule has 2 aliphatic heterocycles. The van der Waals surface area contributed by atoms with E-state index in [1.165, 1.54) is 33.2 Å². The van der Waals surface area contributed by atoms with E-state index >= 15 is 0 Å². The molecule has 2 aromatic carbocycles. The number of rotatable bonds is 6. The highest BCUT2D eigenvalue weighted by atomic mass is 15.0. The van der Waals surface area contributed by atoms with E-state index in [-0.39, 0.29) is 0 Å². The predicted octanol–water partition coefficient (Wildman–Crippen LogP) is 4.47. The first-order valence-corrected chi connectivity index (χ1v) is 12.3. The number of hydrogen-bond donors (Lipinski definition) is 4. The Labute approximate surface area is 199 Å². The van der Waals surface area contributed by atoms with Gasteiger partial charge in [-0.2, -0.15) is 0 Å². The maximum Gasteiger partial charge on any atom is 0.128 e. The monoisotopic (exact) mass is 450 g/mol. The maximum atomic E-state index is 4.62. The number of aromatic amines is 2. The molecule has 4 heterocycles. The van der Waals surface area contributed by atoms with Gasteiger partial charge >= 0.3 is 0 Å². The van der Waals surface area contributed by atoms with Crippen molar-refractivity contribution >= 4 is 33.5 Å². The van der Waals surface area contributed by atoms with Gasteiger partial charge in [-0.15, -0.1) is 0 Å². The quantitative estimate of drug-likeness (QED) is 0.327. The van der Waals surface area contributed by atoms with Crippen molar-refractivity contribution in [2.75, 3.05) is 26.2 Å². The van der Waals surface area contributed by atoms with Crippen LogP contribution in [0.4, 0.5) is 0 Å². The van der Waals surface area contributed by atoms with E-state index in [1.54, 1.807) is 0 Å². The number of aromatic nitrogens is 2. The Bertz CT molecular complexity index is 1310. The van der Waals surface area contributed by atoms with Crippen molar-refractivity contribution in [2.24, 2.45) is 9.98 Å². The van der Waals surface area contributed by atoms with E-state index < -0.39 is 0 Å². The van der Waals surface area contributed by atoms with Crippen LogP contribution in [0.2, 0.25) is 0 Å². The molecule has 0 bridgehead atoms. The van der Waals surface area contributed by atoms with Gasteiger partial charge in [0.05, 0.1) is 0 Å². The molecule has 0 spiro atoms. The summed E-state index contributed by atoms with van der Waals surface area (Å²) >= 11 is 0. The smallest absolute Gasteiger partial charge is 0.128 e. The summed E-state index contributed by atoms with van der Waals surface area (Å²) in [7, 11) is 0. The van der Waals surface area contributed by atoms with E-state index in [9.17, 15) is 0 Å². The average molecular weight is 451 g/mol. The maximum absolute atomic E-state index is 4.62. The number of benzene rings is 2. The molecule has 4 N–H and O–H groups in total. The predicted molar refractivity (Wildman–Crippen MR) is 141 cm³/mol. The molecular formula is C28H30N6. The fourth-order valence-electron chi connectivity index (χ4n) is 4.76. The van der Waals surface area contributed by atoms with Gasteiger partial charge in [0.15, 0.2) is 0 Å². The van der Waals surface area contributed by atoms with Crippen LogP contribution >= 0.6 is 0 Å². The molecule has 0 saturated heterocycles. The summed E-state index contributed by atoms with van der Waals surface area (Å²) in [5.41, 5.74) is 7.10. The van der Waals surface area contributed by atoms with E-state index in [4.69, 9.17) is 0 Å². The van der Waals surface area contributed by atoms with Crippen LogP contribution < -0.4 is 10.6 Å². The second-order valence-corrected chi connectivity index (χ2v) is 9.09. The summed E-state index contributed by atoms with van der Waals surface area (Å²) in [6.07, 6.45) is 8.49. The summed E-state index contributed by atoms with van der Waals surface area (Å²) in [5, 5.41) is 9.30. The van der Waals surface area contributed by atoms with E-state index in [0.717, 1.165) is 74.7 Å². The van der Waals surface area contributed by atoms with Gasteiger partial charge in [-0.1, -0.05) is 36.4 Å². The minimum atomic E-state index is 0.888. The van der Waals surface area contributed by atoms with E-state index in [1.807, 2.05) is 0 Å². The van der Waals surface area contributed by atoms with Crippen molar-refractivity contribution < 1.29 is 0 Å². The minimum absolute atomic E-state index is 0.888. The summed E-state index contributed by atoms with van der Waals surface area (Å²) in [5.74, 6) is 2.02. The highest BCUT2D eigenvalue weighted by molar-refractivity contribution is 6.02. The topological polar surface area (TPSA) is 80.4 Å². The molecule has 0 amide bonds. The summed E-state index contributed by atoms with van der Waals surface area (Å²) in [6.45, 7) is 3.82. The second kappa shape index (κ2) is 9.21. The van der Waals surface area contributed by atoms with Gasteiger partial charge in [0, 0.05) is 72.6 Å². The Morgan fingerprint density at radius 2 is 1.15 bits per heavy atom. The third-order valence-electron chi connectivity index (χ3n) is 6.54. The van der Waals surface area contributed by atoms with Crippen molar-refractivity contribution in [1.29, 1.82) is 0 Å². The highest BCUT2D eigenvalue weighted by Gasteiger charge is 2.10. The second-order valence-electron chi connectivity index (χ2n) is 9.09. The molecule has 4 aromatic rings. The van der Waals surface area contributed by atoms with Crippen LogP contribution in [0.5, 0.6) is 0 Å². The van der Waals surface area contributed by atoms with Gasteiger partial charge in [0.25, 0.3) is 0 Å². The molecule has 0 fully saturated rings. The highest BCUT2D eigenvalue weighted by Crippen LogP contribution is 2.20. The third-order valence-corrected chi connectivity index (χ3v) is 6.54. The zero-order chi connectivity index (χ0) is 22.7. The molecule has 2 aromatic heterocycles. The number of amidine groups is 2. The molecule has 2 aliphatic rings. The van der Waals surface area contributed by atoms with Crippen LogP contribution in [0.25, 0.3) is 21.8 Å². The van der Waals surface area contributed by atoms with Crippen molar-refractivity contribution in [2.45, 2.75) is 25.7 Å². The summed E-state index contributed by atoms with van der Waals surface area (Å²) in [4.78, 5) is 16.4. The standard InChI is InChI=1S/C28H30N6/c1(5-23-15-19-7-9-21(17-25(19)33-23)27-29-11-3-12-30-27)2-6-24-16-20-8-10-22(18-26(20)34-24)28-31-13-4-14-32-28/h1-2,7-10,15-18,33-34H,3-6,11-14H2,(H,29,30)(H,31,32)/b2-1+. The Morgan fingerprint density at radius 3 is 1.59 bits per heavy atom. The summed E-state index contributed by atoms with van der Waals surface area (Å²) in [6, 6.07) is 17.6. The Balaban J connectivity index is 1.11. The van der Waals surface area contributed by atoms with Gasteiger partial charge in [-0.05, 0) is 47.9 Å². The Kier molecular flexibility index (Phi) is 5.63. The van der Waals surface area contributed by atoms with E-state index in [0.29, 0.717) is 0 Å². The Morgan fingerprint density at radius 1 is 0.647 bits per heavy atom. The van der Waals surface area contributed by atoms with Gasteiger partial charge in [-0.3, -0.25) is 9.98 Å². The van der Waals surface area contributed by atoms with E-state index in [2.05, 4.69) is 91.3 Å². The van der Waals surface area contributed by atoms with Gasteiger partial charge in [0.1, 0.15) is 11.7 Å². The van der Waals surface area contributed by atoms with Crippen LogP contribution in [0, 0.1) is 0 Å². The lowest BCUT2D eigenvalue weighted by Gasteiger charge is -2.14. The fraction of sp³-hybridized carbons (Fsp3) is 0.286. The molecule has 6 nitrogen and oxygen atoms in total. The lowest BCUT2D eigenvalue weighted by Crippen LogP contribution is -2.30. The van der Waals surface area contributed by atoms with Crippen LogP contribution in [0.3, 0.4) is 0 Å².